The van der Waals surface area contributed by atoms with Gasteiger partial charge in [-0.05, 0) is 24.6 Å². The first-order chi connectivity index (χ1) is 13.7. The third kappa shape index (κ3) is 2.75. The van der Waals surface area contributed by atoms with Crippen LogP contribution in [0.4, 0.5) is 0 Å². The minimum atomic E-state index is -1.22. The summed E-state index contributed by atoms with van der Waals surface area (Å²) >= 11 is 0. The van der Waals surface area contributed by atoms with E-state index in [1.54, 1.807) is 0 Å². The third-order valence-electron chi connectivity index (χ3n) is 5.19. The van der Waals surface area contributed by atoms with E-state index in [9.17, 15) is 29.4 Å². The maximum atomic E-state index is 13.2. The van der Waals surface area contributed by atoms with Gasteiger partial charge >= 0.3 is 5.97 Å². The number of aliphatic hydroxyl groups excluding tert-OH is 2. The van der Waals surface area contributed by atoms with Crippen LogP contribution >= 0.6 is 0 Å². The van der Waals surface area contributed by atoms with Crippen molar-refractivity contribution in [3.8, 4) is 0 Å². The Morgan fingerprint density at radius 2 is 1.90 bits per heavy atom. The van der Waals surface area contributed by atoms with Crippen LogP contribution in [0.25, 0.3) is 11.0 Å². The van der Waals surface area contributed by atoms with Gasteiger partial charge in [-0.2, -0.15) is 0 Å². The summed E-state index contributed by atoms with van der Waals surface area (Å²) in [7, 11) is 1.19. The van der Waals surface area contributed by atoms with Crippen LogP contribution in [-0.2, 0) is 16.0 Å². The molecule has 2 unspecified atom stereocenters. The maximum Gasteiger partial charge on any atom is 0.310 e. The van der Waals surface area contributed by atoms with Crippen LogP contribution in [0.2, 0.25) is 0 Å². The highest BCUT2D eigenvalue weighted by Gasteiger charge is 2.46. The Morgan fingerprint density at radius 3 is 2.59 bits per heavy atom. The molecule has 2 N–H and O–H groups in total. The van der Waals surface area contributed by atoms with Crippen molar-refractivity contribution in [3.63, 3.8) is 0 Å². The number of carbonyl (C=O) groups excluding carboxylic acids is 3. The number of carbonyl (C=O) groups is 3. The van der Waals surface area contributed by atoms with Gasteiger partial charge in [-0.25, -0.2) is 0 Å². The number of hydrogen-bond acceptors (Lipinski definition) is 8. The molecule has 8 nitrogen and oxygen atoms in total. The van der Waals surface area contributed by atoms with E-state index < -0.39 is 40.6 Å². The van der Waals surface area contributed by atoms with Crippen LogP contribution in [0, 0.1) is 18.8 Å². The number of hydrogen-bond donors (Lipinski definition) is 2. The third-order valence-corrected chi connectivity index (χ3v) is 5.19. The predicted octanol–water partition coefficient (Wildman–Crippen LogP) is 2.33. The van der Waals surface area contributed by atoms with E-state index in [0.717, 1.165) is 6.08 Å². The Labute approximate surface area is 163 Å². The molecule has 2 aliphatic rings. The number of aliphatic hydroxyl groups is 2. The molecule has 0 fully saturated rings. The fraction of sp³-hybridized carbons (Fsp3) is 0.238. The van der Waals surface area contributed by atoms with Gasteiger partial charge in [-0.15, -0.1) is 0 Å². The van der Waals surface area contributed by atoms with E-state index in [1.165, 1.54) is 32.2 Å². The number of fused-ring (bicyclic) bond motifs is 4. The van der Waals surface area contributed by atoms with Crippen molar-refractivity contribution in [1.29, 1.82) is 0 Å². The van der Waals surface area contributed by atoms with Crippen molar-refractivity contribution in [2.45, 2.75) is 13.3 Å². The molecule has 0 saturated heterocycles. The second-order valence-electron chi connectivity index (χ2n) is 7.03. The van der Waals surface area contributed by atoms with Gasteiger partial charge < -0.3 is 19.4 Å². The van der Waals surface area contributed by atoms with Gasteiger partial charge in [0.1, 0.15) is 22.9 Å². The molecule has 0 bridgehead atoms. The van der Waals surface area contributed by atoms with E-state index >= 15 is 0 Å². The second-order valence-corrected chi connectivity index (χ2v) is 7.03. The largest absolute Gasteiger partial charge is 0.511 e. The molecule has 0 saturated carbocycles. The number of methoxy groups -OCH3 is 1. The maximum absolute atomic E-state index is 13.2. The van der Waals surface area contributed by atoms with E-state index in [4.69, 9.17) is 4.42 Å². The molecular formula is C21H16O8. The summed E-state index contributed by atoms with van der Waals surface area (Å²) in [5.74, 6) is -4.63. The average Bonchev–Trinajstić information content (AvgIpc) is 2.64. The normalized spacial score (nSPS) is 20.6. The fourth-order valence-corrected chi connectivity index (χ4v) is 3.95. The summed E-state index contributed by atoms with van der Waals surface area (Å²) in [6.45, 7) is 1.52. The quantitative estimate of drug-likeness (QED) is 0.740. The molecule has 0 aliphatic heterocycles. The Morgan fingerprint density at radius 1 is 1.17 bits per heavy atom. The number of Topliss-reactive ketones (excluding diaryl/α,β-unsaturated/α-hetero) is 2. The first kappa shape index (κ1) is 18.7. The minimum Gasteiger partial charge on any atom is -0.511 e. The molecule has 8 heteroatoms. The van der Waals surface area contributed by atoms with E-state index in [2.05, 4.69) is 4.74 Å². The summed E-state index contributed by atoms with van der Waals surface area (Å²) in [5, 5.41) is 20.0. The minimum absolute atomic E-state index is 0.0111. The number of allylic oxidation sites excluding steroid dienone is 3. The van der Waals surface area contributed by atoms with Gasteiger partial charge in [0.05, 0.1) is 36.3 Å². The van der Waals surface area contributed by atoms with Gasteiger partial charge in [-0.1, -0.05) is 0 Å². The molecule has 148 valence electrons. The van der Waals surface area contributed by atoms with Crippen molar-refractivity contribution in [2.24, 2.45) is 11.8 Å². The Bertz CT molecular complexity index is 1230. The number of benzene rings is 1. The van der Waals surface area contributed by atoms with E-state index in [-0.39, 0.29) is 45.6 Å². The molecule has 0 radical (unpaired) electrons. The van der Waals surface area contributed by atoms with Crippen LogP contribution < -0.4 is 5.43 Å². The Balaban J connectivity index is 2.08. The number of ketones is 2. The lowest BCUT2D eigenvalue weighted by Gasteiger charge is -2.31. The Kier molecular flexibility index (Phi) is 4.15. The predicted molar refractivity (Wildman–Crippen MR) is 100 cm³/mol. The topological polar surface area (TPSA) is 131 Å². The molecular weight excluding hydrogens is 380 g/mol. The highest BCUT2D eigenvalue weighted by molar-refractivity contribution is 6.22. The molecule has 1 aromatic heterocycles. The summed E-state index contributed by atoms with van der Waals surface area (Å²) in [6, 6.07) is 2.55. The van der Waals surface area contributed by atoms with Crippen LogP contribution in [0.15, 0.2) is 45.0 Å². The lowest BCUT2D eigenvalue weighted by atomic mass is 9.70. The number of esters is 1. The molecule has 4 rings (SSSR count). The monoisotopic (exact) mass is 396 g/mol. The van der Waals surface area contributed by atoms with Crippen molar-refractivity contribution < 1.29 is 33.8 Å². The fourth-order valence-electron chi connectivity index (χ4n) is 3.95. The zero-order valence-corrected chi connectivity index (χ0v) is 15.5. The second kappa shape index (κ2) is 6.44. The number of rotatable bonds is 2. The molecule has 0 amide bonds. The summed E-state index contributed by atoms with van der Waals surface area (Å²) in [6.07, 6.45) is 1.91. The zero-order valence-electron chi connectivity index (χ0n) is 15.5. The zero-order chi connectivity index (χ0) is 21.0. The highest BCUT2D eigenvalue weighted by atomic mass is 16.5. The first-order valence-corrected chi connectivity index (χ1v) is 8.79. The van der Waals surface area contributed by atoms with Gasteiger partial charge in [0, 0.05) is 17.7 Å². The lowest BCUT2D eigenvalue weighted by molar-refractivity contribution is -0.139. The van der Waals surface area contributed by atoms with Crippen LogP contribution in [0.3, 0.4) is 0 Å². The van der Waals surface area contributed by atoms with Gasteiger partial charge in [0.2, 0.25) is 0 Å². The molecule has 2 atom stereocenters. The number of aryl methyl sites for hydroxylation is 1. The molecule has 1 aromatic carbocycles. The molecule has 0 spiro atoms. The van der Waals surface area contributed by atoms with Crippen molar-refractivity contribution in [2.75, 3.05) is 7.11 Å². The highest BCUT2D eigenvalue weighted by Crippen LogP contribution is 2.41. The van der Waals surface area contributed by atoms with Gasteiger partial charge in [0.25, 0.3) is 0 Å². The standard InChI is InChI=1S/C21H16O8/c1-8-3-13(23)16-9(5-15(25)28-2)4-11-18(21(16)29-8)20(27)17-12(19(11)26)6-10(22)7-14(17)24/h3-4,6-7,12,17,22,24H,5H2,1-2H3. The SMILES string of the molecule is COC(=O)Cc1cc2c(c3oc(C)cc(=O)c13)C(=O)C1C(O)=CC(O)=CC1C2=O. The van der Waals surface area contributed by atoms with Crippen molar-refractivity contribution in [1.82, 2.24) is 0 Å². The lowest BCUT2D eigenvalue weighted by Crippen LogP contribution is -2.39. The summed E-state index contributed by atoms with van der Waals surface area (Å²) in [5.41, 5.74) is -0.517. The van der Waals surface area contributed by atoms with Crippen LogP contribution in [-0.4, -0.2) is 34.9 Å². The van der Waals surface area contributed by atoms with Crippen LogP contribution in [0.5, 0.6) is 0 Å². The average molecular weight is 396 g/mol. The number of ether oxygens (including phenoxy) is 1. The van der Waals surface area contributed by atoms with Crippen LogP contribution in [0.1, 0.15) is 32.0 Å². The Hall–Kier alpha value is -3.68. The van der Waals surface area contributed by atoms with E-state index in [0.29, 0.717) is 0 Å². The van der Waals surface area contributed by atoms with Gasteiger partial charge in [0.15, 0.2) is 17.0 Å². The first-order valence-electron chi connectivity index (χ1n) is 8.79. The summed E-state index contributed by atoms with van der Waals surface area (Å²) < 4.78 is 10.3. The smallest absolute Gasteiger partial charge is 0.310 e. The summed E-state index contributed by atoms with van der Waals surface area (Å²) in [4.78, 5) is 50.8. The molecule has 29 heavy (non-hydrogen) atoms. The van der Waals surface area contributed by atoms with Crippen molar-refractivity contribution >= 4 is 28.5 Å². The molecule has 1 heterocycles. The van der Waals surface area contributed by atoms with Crippen molar-refractivity contribution in [3.05, 3.63) is 68.5 Å². The molecule has 2 aliphatic carbocycles. The molecule has 2 aromatic rings. The van der Waals surface area contributed by atoms with Gasteiger partial charge in [-0.3, -0.25) is 19.2 Å². The van der Waals surface area contributed by atoms with E-state index in [1.807, 2.05) is 0 Å².